The highest BCUT2D eigenvalue weighted by Gasteiger charge is 2.87. The van der Waals surface area contributed by atoms with Gasteiger partial charge >= 0.3 is 17.9 Å². The molecule has 5 rings (SSSR count). The smallest absolute Gasteiger partial charge is 0.341 e. The SMILES string of the molecule is CCC(C)C(=O)[C@H]1CC[C@](C)(O)[C@]23OC(C)(C)[C@H]([C@H](OC(=O)c4ccccc4)[C@H](OC(=O)c4ccoc4)[C@]12COC(C)=O)[C@H]3C(=O)C(C)CC. The van der Waals surface area contributed by atoms with Gasteiger partial charge in [-0.05, 0) is 64.7 Å². The number of hydrogen-bond acceptors (Lipinski definition) is 11. The summed E-state index contributed by atoms with van der Waals surface area (Å²) in [6.45, 7) is 13.0. The molecule has 10 atom stereocenters. The molecule has 2 unspecified atom stereocenters. The number of fused-ring (bicyclic) bond motifs is 1. The maximum absolute atomic E-state index is 14.9. The fourth-order valence-corrected chi connectivity index (χ4v) is 9.11. The molecule has 1 aromatic heterocycles. The van der Waals surface area contributed by atoms with Gasteiger partial charge in [0, 0.05) is 30.6 Å². The van der Waals surface area contributed by atoms with E-state index in [2.05, 4.69) is 0 Å². The minimum atomic E-state index is -1.94. The number of ketones is 2. The third-order valence-corrected chi connectivity index (χ3v) is 11.8. The van der Waals surface area contributed by atoms with Gasteiger partial charge < -0.3 is 28.5 Å². The van der Waals surface area contributed by atoms with E-state index in [0.29, 0.717) is 12.8 Å². The monoisotopic (exact) mass is 694 g/mol. The fourth-order valence-electron chi connectivity index (χ4n) is 9.11. The van der Waals surface area contributed by atoms with Crippen molar-refractivity contribution in [1.29, 1.82) is 0 Å². The van der Waals surface area contributed by atoms with Crippen LogP contribution in [0.4, 0.5) is 0 Å². The van der Waals surface area contributed by atoms with Gasteiger partial charge in [0.25, 0.3) is 0 Å². The van der Waals surface area contributed by atoms with Gasteiger partial charge in [0.05, 0.1) is 39.9 Å². The van der Waals surface area contributed by atoms with Gasteiger partial charge in [-0.15, -0.1) is 0 Å². The molecular weight excluding hydrogens is 644 g/mol. The maximum atomic E-state index is 14.9. The molecule has 1 saturated heterocycles. The van der Waals surface area contributed by atoms with Crippen LogP contribution in [-0.2, 0) is 33.3 Å². The Labute approximate surface area is 293 Å². The molecule has 2 heterocycles. The second-order valence-corrected chi connectivity index (χ2v) is 15.1. The highest BCUT2D eigenvalue weighted by atomic mass is 16.6. The molecule has 0 radical (unpaired) electrons. The number of aliphatic hydroxyl groups is 1. The van der Waals surface area contributed by atoms with Crippen LogP contribution in [0.3, 0.4) is 0 Å². The Hall–Kier alpha value is -3.83. The lowest BCUT2D eigenvalue weighted by Crippen LogP contribution is -2.82. The zero-order valence-electron chi connectivity index (χ0n) is 30.2. The van der Waals surface area contributed by atoms with Gasteiger partial charge in [-0.2, -0.15) is 0 Å². The van der Waals surface area contributed by atoms with Crippen LogP contribution in [0, 0.1) is 35.0 Å². The summed E-state index contributed by atoms with van der Waals surface area (Å²) >= 11 is 0. The van der Waals surface area contributed by atoms with Crippen LogP contribution in [0.15, 0.2) is 53.3 Å². The highest BCUT2D eigenvalue weighted by molar-refractivity contribution is 5.92. The van der Waals surface area contributed by atoms with Gasteiger partial charge in [-0.3, -0.25) is 14.4 Å². The van der Waals surface area contributed by atoms with Crippen molar-refractivity contribution in [1.82, 2.24) is 0 Å². The van der Waals surface area contributed by atoms with Crippen LogP contribution < -0.4 is 0 Å². The third kappa shape index (κ3) is 5.80. The summed E-state index contributed by atoms with van der Waals surface area (Å²) in [5, 5.41) is 12.8. The molecule has 1 spiro atoms. The van der Waals surface area contributed by atoms with E-state index >= 15 is 0 Å². The number of esters is 3. The molecule has 3 fully saturated rings. The predicted octanol–water partition coefficient (Wildman–Crippen LogP) is 5.77. The summed E-state index contributed by atoms with van der Waals surface area (Å²) in [7, 11) is 0. The average molecular weight is 695 g/mol. The van der Waals surface area contributed by atoms with Crippen LogP contribution >= 0.6 is 0 Å². The second kappa shape index (κ2) is 13.7. The maximum Gasteiger partial charge on any atom is 0.341 e. The first-order chi connectivity index (χ1) is 23.5. The van der Waals surface area contributed by atoms with Crippen molar-refractivity contribution in [3.8, 4) is 0 Å². The second-order valence-electron chi connectivity index (χ2n) is 15.1. The molecule has 2 bridgehead atoms. The molecular formula is C39H50O11. The molecule has 2 saturated carbocycles. The number of rotatable bonds is 12. The average Bonchev–Trinajstić information content (AvgIpc) is 3.70. The molecule has 2 aromatic rings. The number of hydrogen-bond donors (Lipinski definition) is 1. The van der Waals surface area contributed by atoms with Crippen molar-refractivity contribution in [2.45, 2.75) is 110 Å². The van der Waals surface area contributed by atoms with E-state index in [1.165, 1.54) is 25.5 Å². The van der Waals surface area contributed by atoms with Crippen molar-refractivity contribution in [3.63, 3.8) is 0 Å². The summed E-state index contributed by atoms with van der Waals surface area (Å²) < 4.78 is 31.0. The van der Waals surface area contributed by atoms with Crippen LogP contribution in [0.25, 0.3) is 0 Å². The molecule has 272 valence electrons. The summed E-state index contributed by atoms with van der Waals surface area (Å²) in [6, 6.07) is 9.67. The quantitative estimate of drug-likeness (QED) is 0.213. The van der Waals surface area contributed by atoms with Gasteiger partial charge in [0.15, 0.2) is 6.10 Å². The first-order valence-corrected chi connectivity index (χ1v) is 17.6. The molecule has 11 heteroatoms. The Morgan fingerprint density at radius 1 is 0.900 bits per heavy atom. The minimum Gasteiger partial charge on any atom is -0.472 e. The normalized spacial score (nSPS) is 33.7. The zero-order chi connectivity index (χ0) is 36.8. The van der Waals surface area contributed by atoms with Crippen LogP contribution in [0.1, 0.15) is 102 Å². The van der Waals surface area contributed by atoms with E-state index in [0.717, 1.165) is 0 Å². The molecule has 50 heavy (non-hydrogen) atoms. The Morgan fingerprint density at radius 3 is 2.10 bits per heavy atom. The van der Waals surface area contributed by atoms with Crippen molar-refractivity contribution in [2.75, 3.05) is 6.61 Å². The van der Waals surface area contributed by atoms with Gasteiger partial charge in [0.1, 0.15) is 36.1 Å². The van der Waals surface area contributed by atoms with Crippen LogP contribution in [0.5, 0.6) is 0 Å². The van der Waals surface area contributed by atoms with E-state index in [1.54, 1.807) is 65.0 Å². The van der Waals surface area contributed by atoms with E-state index in [4.69, 9.17) is 23.4 Å². The number of furan rings is 1. The van der Waals surface area contributed by atoms with Gasteiger partial charge in [-0.1, -0.05) is 45.9 Å². The number of carbonyl (C=O) groups excluding carboxylic acids is 5. The first-order valence-electron chi connectivity index (χ1n) is 17.6. The number of ether oxygens (including phenoxy) is 4. The number of benzene rings is 1. The lowest BCUT2D eigenvalue weighted by Gasteiger charge is -2.66. The van der Waals surface area contributed by atoms with Crippen LogP contribution in [0.2, 0.25) is 0 Å². The zero-order valence-corrected chi connectivity index (χ0v) is 30.2. The van der Waals surface area contributed by atoms with E-state index in [9.17, 15) is 29.1 Å². The van der Waals surface area contributed by atoms with E-state index in [-0.39, 0.29) is 35.5 Å². The number of Topliss-reactive ketones (excluding diaryl/α,β-unsaturated/α-hetero) is 2. The Morgan fingerprint density at radius 2 is 1.52 bits per heavy atom. The lowest BCUT2D eigenvalue weighted by atomic mass is 9.40. The Balaban J connectivity index is 1.90. The number of carbonyl (C=O) groups is 5. The third-order valence-electron chi connectivity index (χ3n) is 11.8. The molecule has 11 nitrogen and oxygen atoms in total. The topological polar surface area (TPSA) is 156 Å². The van der Waals surface area contributed by atoms with Crippen molar-refractivity contribution < 1.29 is 52.4 Å². The predicted molar refractivity (Wildman–Crippen MR) is 180 cm³/mol. The molecule has 3 aliphatic rings. The van der Waals surface area contributed by atoms with Gasteiger partial charge in [0.2, 0.25) is 0 Å². The minimum absolute atomic E-state index is 0.0486. The standard InChI is InChI=1S/C39H50O11/c1-9-22(3)30(41)27-16-18-37(8,45)39-28(31(42)23(4)10-2)29(36(6,7)50-39)32(48-34(43)25-14-12-11-13-15-25)33(38(27,39)21-47-24(5)40)49-35(44)26-17-19-46-20-26/h11-15,17,19-20,22-23,27-29,32-33,45H,9-10,16,18,21H2,1-8H3/t22?,23?,27-,28+,29+,32+,33+,37+,38+,39+/m1/s1. The van der Waals surface area contributed by atoms with E-state index in [1.807, 2.05) is 13.8 Å². The van der Waals surface area contributed by atoms with Crippen LogP contribution in [-0.4, -0.2) is 70.2 Å². The Kier molecular flexibility index (Phi) is 10.3. The first kappa shape index (κ1) is 37.4. The molecule has 1 aliphatic heterocycles. The molecule has 1 aromatic carbocycles. The largest absolute Gasteiger partial charge is 0.472 e. The summed E-state index contributed by atoms with van der Waals surface area (Å²) in [4.78, 5) is 70.5. The van der Waals surface area contributed by atoms with E-state index < -0.39 is 88.5 Å². The molecule has 1 N–H and O–H groups in total. The summed E-state index contributed by atoms with van der Waals surface area (Å²) in [5.41, 5.74) is -6.68. The molecule has 2 aliphatic carbocycles. The highest BCUT2D eigenvalue weighted by Crippen LogP contribution is 2.72. The fraction of sp³-hybridized carbons (Fsp3) is 0.615. The van der Waals surface area contributed by atoms with Crippen molar-refractivity contribution in [2.24, 2.45) is 35.0 Å². The summed E-state index contributed by atoms with van der Waals surface area (Å²) in [5.74, 6) is -7.00. The van der Waals surface area contributed by atoms with Gasteiger partial charge in [-0.25, -0.2) is 9.59 Å². The lowest BCUT2D eigenvalue weighted by molar-refractivity contribution is -0.323. The summed E-state index contributed by atoms with van der Waals surface area (Å²) in [6.07, 6.45) is 0.667. The van der Waals surface area contributed by atoms with Crippen molar-refractivity contribution >= 4 is 29.5 Å². The van der Waals surface area contributed by atoms with Crippen molar-refractivity contribution in [3.05, 3.63) is 60.1 Å². The molecule has 0 amide bonds. The Bertz CT molecular complexity index is 1590.